The standard InChI is InChI=1S/C18H17Cl2NO5S/c1-4-25-17(23)13-9(3)15(18(24)26-5-2)27-16(13)21-8-10-6-11(19)7-12(20)14(10)22/h6-8,22H,4-5H2,1-3H3. The summed E-state index contributed by atoms with van der Waals surface area (Å²) in [6.45, 7) is 5.38. The molecule has 0 bridgehead atoms. The Morgan fingerprint density at radius 1 is 1.19 bits per heavy atom. The third-order valence-corrected chi connectivity index (χ3v) is 5.13. The fourth-order valence-corrected chi connectivity index (χ4v) is 3.78. The first kappa shape index (κ1) is 21.2. The number of carbonyl (C=O) groups is 2. The van der Waals surface area contributed by atoms with E-state index in [9.17, 15) is 14.7 Å². The molecule has 0 aliphatic rings. The summed E-state index contributed by atoms with van der Waals surface area (Å²) in [5.41, 5.74) is 0.872. The van der Waals surface area contributed by atoms with E-state index in [0.717, 1.165) is 11.3 Å². The third kappa shape index (κ3) is 4.80. The molecule has 0 atom stereocenters. The molecular formula is C18H17Cl2NO5S. The summed E-state index contributed by atoms with van der Waals surface area (Å²) in [6.07, 6.45) is 1.32. The molecule has 0 aliphatic carbocycles. The van der Waals surface area contributed by atoms with Gasteiger partial charge in [-0.3, -0.25) is 0 Å². The molecule has 2 aromatic rings. The van der Waals surface area contributed by atoms with Crippen LogP contribution in [0.15, 0.2) is 17.1 Å². The quantitative estimate of drug-likeness (QED) is 0.505. The number of hydrogen-bond donors (Lipinski definition) is 1. The van der Waals surface area contributed by atoms with E-state index < -0.39 is 11.9 Å². The van der Waals surface area contributed by atoms with Gasteiger partial charge in [-0.05, 0) is 38.5 Å². The lowest BCUT2D eigenvalue weighted by molar-refractivity contribution is 0.0527. The SMILES string of the molecule is CCOC(=O)c1sc(N=Cc2cc(Cl)cc(Cl)c2O)c(C(=O)OCC)c1C. The number of benzene rings is 1. The lowest BCUT2D eigenvalue weighted by Crippen LogP contribution is -2.08. The highest BCUT2D eigenvalue weighted by Crippen LogP contribution is 2.37. The molecule has 9 heteroatoms. The number of aromatic hydroxyl groups is 1. The second-order valence-electron chi connectivity index (χ2n) is 5.26. The monoisotopic (exact) mass is 429 g/mol. The van der Waals surface area contributed by atoms with E-state index in [0.29, 0.717) is 10.6 Å². The molecular weight excluding hydrogens is 413 g/mol. The Balaban J connectivity index is 2.53. The molecule has 0 aliphatic heterocycles. The first-order chi connectivity index (χ1) is 12.8. The van der Waals surface area contributed by atoms with Crippen LogP contribution in [0.1, 0.15) is 45.0 Å². The Labute approximate surface area is 170 Å². The summed E-state index contributed by atoms with van der Waals surface area (Å²) in [4.78, 5) is 29.0. The van der Waals surface area contributed by atoms with Crippen molar-refractivity contribution in [3.8, 4) is 5.75 Å². The lowest BCUT2D eigenvalue weighted by Gasteiger charge is -2.04. The number of rotatable bonds is 6. The van der Waals surface area contributed by atoms with Crippen LogP contribution in [0.25, 0.3) is 0 Å². The number of esters is 2. The number of phenols is 1. The van der Waals surface area contributed by atoms with Crippen molar-refractivity contribution in [2.24, 2.45) is 4.99 Å². The highest BCUT2D eigenvalue weighted by Gasteiger charge is 2.26. The second kappa shape index (κ2) is 9.21. The van der Waals surface area contributed by atoms with Gasteiger partial charge in [0.25, 0.3) is 0 Å². The van der Waals surface area contributed by atoms with E-state index in [1.165, 1.54) is 18.3 Å². The number of thiophene rings is 1. The van der Waals surface area contributed by atoms with Gasteiger partial charge < -0.3 is 14.6 Å². The van der Waals surface area contributed by atoms with Crippen LogP contribution in [0.2, 0.25) is 10.0 Å². The number of carbonyl (C=O) groups excluding carboxylic acids is 2. The van der Waals surface area contributed by atoms with Crippen molar-refractivity contribution >= 4 is 57.7 Å². The predicted molar refractivity (Wildman–Crippen MR) is 106 cm³/mol. The molecule has 0 unspecified atom stereocenters. The van der Waals surface area contributed by atoms with Gasteiger partial charge >= 0.3 is 11.9 Å². The minimum atomic E-state index is -0.595. The highest BCUT2D eigenvalue weighted by atomic mass is 35.5. The van der Waals surface area contributed by atoms with Crippen LogP contribution in [0.4, 0.5) is 5.00 Å². The summed E-state index contributed by atoms with van der Waals surface area (Å²) < 4.78 is 10.1. The minimum Gasteiger partial charge on any atom is -0.506 e. The molecule has 27 heavy (non-hydrogen) atoms. The molecule has 0 saturated heterocycles. The van der Waals surface area contributed by atoms with Crippen LogP contribution in [0.3, 0.4) is 0 Å². The maximum absolute atomic E-state index is 12.3. The van der Waals surface area contributed by atoms with Gasteiger partial charge in [-0.2, -0.15) is 0 Å². The van der Waals surface area contributed by atoms with Crippen molar-refractivity contribution in [1.82, 2.24) is 0 Å². The Hall–Kier alpha value is -2.09. The van der Waals surface area contributed by atoms with Crippen LogP contribution < -0.4 is 0 Å². The highest BCUT2D eigenvalue weighted by molar-refractivity contribution is 7.18. The van der Waals surface area contributed by atoms with Gasteiger partial charge in [0.15, 0.2) is 0 Å². The van der Waals surface area contributed by atoms with E-state index in [1.807, 2.05) is 0 Å². The lowest BCUT2D eigenvalue weighted by atomic mass is 10.1. The van der Waals surface area contributed by atoms with Gasteiger partial charge in [0.1, 0.15) is 21.2 Å². The summed E-state index contributed by atoms with van der Waals surface area (Å²) in [7, 11) is 0. The molecule has 0 radical (unpaired) electrons. The Bertz CT molecular complexity index is 908. The van der Waals surface area contributed by atoms with Crippen LogP contribution >= 0.6 is 34.5 Å². The van der Waals surface area contributed by atoms with Crippen LogP contribution in [-0.2, 0) is 9.47 Å². The summed E-state index contributed by atoms with van der Waals surface area (Å²) >= 11 is 12.8. The molecule has 0 saturated carbocycles. The van der Waals surface area contributed by atoms with E-state index in [4.69, 9.17) is 32.7 Å². The van der Waals surface area contributed by atoms with E-state index in [-0.39, 0.29) is 45.0 Å². The van der Waals surface area contributed by atoms with E-state index >= 15 is 0 Å². The number of ether oxygens (including phenoxy) is 2. The van der Waals surface area contributed by atoms with Gasteiger partial charge in [-0.25, -0.2) is 14.6 Å². The summed E-state index contributed by atoms with van der Waals surface area (Å²) in [5.74, 6) is -1.33. The normalized spacial score (nSPS) is 11.0. The number of nitrogens with zero attached hydrogens (tertiary/aromatic N) is 1. The maximum Gasteiger partial charge on any atom is 0.348 e. The number of phenolic OH excluding ortho intramolecular Hbond substituents is 1. The van der Waals surface area contributed by atoms with Gasteiger partial charge in [0.05, 0.1) is 18.2 Å². The molecule has 2 rings (SSSR count). The van der Waals surface area contributed by atoms with Crippen molar-refractivity contribution in [1.29, 1.82) is 0 Å². The smallest absolute Gasteiger partial charge is 0.348 e. The molecule has 6 nitrogen and oxygen atoms in total. The molecule has 1 aromatic carbocycles. The summed E-state index contributed by atoms with van der Waals surface area (Å²) in [6, 6.07) is 2.87. The molecule has 0 amide bonds. The van der Waals surface area contributed by atoms with Crippen molar-refractivity contribution < 1.29 is 24.2 Å². The molecule has 1 aromatic heterocycles. The Kier molecular flexibility index (Phi) is 7.24. The van der Waals surface area contributed by atoms with Crippen LogP contribution in [0.5, 0.6) is 5.75 Å². The van der Waals surface area contributed by atoms with Gasteiger partial charge in [0.2, 0.25) is 0 Å². The topological polar surface area (TPSA) is 85.2 Å². The van der Waals surface area contributed by atoms with Gasteiger partial charge in [0, 0.05) is 16.8 Å². The zero-order valence-electron chi connectivity index (χ0n) is 14.8. The predicted octanol–water partition coefficient (Wildman–Crippen LogP) is 5.17. The van der Waals surface area contributed by atoms with Crippen molar-refractivity contribution in [2.45, 2.75) is 20.8 Å². The average molecular weight is 430 g/mol. The largest absolute Gasteiger partial charge is 0.506 e. The fourth-order valence-electron chi connectivity index (χ4n) is 2.24. The molecule has 1 heterocycles. The van der Waals surface area contributed by atoms with E-state index in [1.54, 1.807) is 20.8 Å². The molecule has 0 fully saturated rings. The van der Waals surface area contributed by atoms with E-state index in [2.05, 4.69) is 4.99 Å². The molecule has 144 valence electrons. The number of hydrogen-bond acceptors (Lipinski definition) is 7. The first-order valence-electron chi connectivity index (χ1n) is 7.99. The molecule has 1 N–H and O–H groups in total. The number of aliphatic imine (C=N–C) groups is 1. The average Bonchev–Trinajstić information content (AvgIpc) is 2.93. The minimum absolute atomic E-state index is 0.0733. The first-order valence-corrected chi connectivity index (χ1v) is 9.57. The van der Waals surface area contributed by atoms with Crippen LogP contribution in [0, 0.1) is 6.92 Å². The Morgan fingerprint density at radius 2 is 1.81 bits per heavy atom. The summed E-state index contributed by atoms with van der Waals surface area (Å²) in [5, 5.41) is 10.7. The van der Waals surface area contributed by atoms with Crippen LogP contribution in [-0.4, -0.2) is 36.5 Å². The Morgan fingerprint density at radius 3 is 2.44 bits per heavy atom. The van der Waals surface area contributed by atoms with Gasteiger partial charge in [-0.15, -0.1) is 11.3 Å². The zero-order valence-corrected chi connectivity index (χ0v) is 17.2. The third-order valence-electron chi connectivity index (χ3n) is 3.45. The van der Waals surface area contributed by atoms with Crippen molar-refractivity contribution in [3.63, 3.8) is 0 Å². The van der Waals surface area contributed by atoms with Gasteiger partial charge in [-0.1, -0.05) is 23.2 Å². The maximum atomic E-state index is 12.3. The zero-order chi connectivity index (χ0) is 20.1. The second-order valence-corrected chi connectivity index (χ2v) is 7.10. The molecule has 0 spiro atoms. The van der Waals surface area contributed by atoms with Crippen molar-refractivity contribution in [3.05, 3.63) is 43.7 Å². The van der Waals surface area contributed by atoms with Crippen molar-refractivity contribution in [2.75, 3.05) is 13.2 Å². The fraction of sp³-hybridized carbons (Fsp3) is 0.278. The number of halogens is 2.